The minimum absolute atomic E-state index is 0.224. The van der Waals surface area contributed by atoms with E-state index in [-0.39, 0.29) is 17.7 Å². The maximum atomic E-state index is 12.7. The molecule has 0 N–H and O–H groups in total. The predicted octanol–water partition coefficient (Wildman–Crippen LogP) is 2.36. The smallest absolute Gasteiger partial charge is 0.290 e. The Hall–Kier alpha value is -1.68. The van der Waals surface area contributed by atoms with E-state index >= 15 is 0 Å². The molecule has 0 radical (unpaired) electrons. The monoisotopic (exact) mass is 326 g/mol. The zero-order chi connectivity index (χ0) is 16.8. The number of carbonyl (C=O) groups excluding carboxylic acids is 2. The first-order valence-corrected chi connectivity index (χ1v) is 9.24. The molecule has 2 bridgehead atoms. The average molecular weight is 326 g/mol. The maximum Gasteiger partial charge on any atom is 0.290 e. The fourth-order valence-corrected chi connectivity index (χ4v) is 5.07. The summed E-state index contributed by atoms with van der Waals surface area (Å²) in [5, 5.41) is 0. The molecule has 5 rings (SSSR count). The van der Waals surface area contributed by atoms with Crippen molar-refractivity contribution in [3.05, 3.63) is 35.4 Å². The Bertz CT molecular complexity index is 646. The van der Waals surface area contributed by atoms with Crippen molar-refractivity contribution in [1.82, 2.24) is 9.80 Å². The van der Waals surface area contributed by atoms with Gasteiger partial charge in [-0.2, -0.15) is 0 Å². The molecule has 0 aromatic heterocycles. The highest BCUT2D eigenvalue weighted by Crippen LogP contribution is 2.46. The number of likely N-dealkylation sites (tertiary alicyclic amines) is 1. The molecule has 24 heavy (non-hydrogen) atoms. The third-order valence-electron chi connectivity index (χ3n) is 6.32. The molecule has 0 aliphatic carbocycles. The van der Waals surface area contributed by atoms with Crippen molar-refractivity contribution in [1.29, 1.82) is 0 Å². The van der Waals surface area contributed by atoms with Crippen LogP contribution in [0.15, 0.2) is 24.3 Å². The van der Waals surface area contributed by atoms with Gasteiger partial charge in [-0.15, -0.1) is 0 Å². The molecule has 0 unspecified atom stereocenters. The van der Waals surface area contributed by atoms with Crippen LogP contribution in [0, 0.1) is 12.8 Å². The van der Waals surface area contributed by atoms with Crippen molar-refractivity contribution in [2.75, 3.05) is 19.6 Å². The van der Waals surface area contributed by atoms with Crippen molar-refractivity contribution < 1.29 is 9.59 Å². The first-order chi connectivity index (χ1) is 11.6. The SMILES string of the molecule is CCC(=O)C(=O)N1C[C@@H](c2ccc(C)cc2)[C@@H]2[C@H]1C1CCN2CC1. The fourth-order valence-electron chi connectivity index (χ4n) is 5.07. The van der Waals surface area contributed by atoms with E-state index in [1.54, 1.807) is 6.92 Å². The highest BCUT2D eigenvalue weighted by Gasteiger charge is 2.55. The molecule has 4 heteroatoms. The van der Waals surface area contributed by atoms with E-state index in [4.69, 9.17) is 0 Å². The van der Waals surface area contributed by atoms with Crippen LogP contribution in [0.3, 0.4) is 0 Å². The molecule has 128 valence electrons. The number of hydrogen-bond donors (Lipinski definition) is 0. The molecular weight excluding hydrogens is 300 g/mol. The van der Waals surface area contributed by atoms with Crippen molar-refractivity contribution >= 4 is 11.7 Å². The summed E-state index contributed by atoms with van der Waals surface area (Å²) in [4.78, 5) is 29.3. The van der Waals surface area contributed by atoms with Gasteiger partial charge in [0.2, 0.25) is 5.78 Å². The molecular formula is C20H26N2O2. The molecule has 0 saturated carbocycles. The number of rotatable bonds is 3. The number of piperidine rings is 3. The topological polar surface area (TPSA) is 40.6 Å². The van der Waals surface area contributed by atoms with Crippen LogP contribution in [0.1, 0.15) is 43.2 Å². The van der Waals surface area contributed by atoms with Crippen molar-refractivity contribution in [2.24, 2.45) is 5.92 Å². The van der Waals surface area contributed by atoms with Crippen LogP contribution in [0.2, 0.25) is 0 Å². The van der Waals surface area contributed by atoms with Crippen LogP contribution in [-0.2, 0) is 9.59 Å². The summed E-state index contributed by atoms with van der Waals surface area (Å²) >= 11 is 0. The van der Waals surface area contributed by atoms with Crippen molar-refractivity contribution in [2.45, 2.75) is 51.1 Å². The molecule has 1 aromatic carbocycles. The predicted molar refractivity (Wildman–Crippen MR) is 92.8 cm³/mol. The van der Waals surface area contributed by atoms with Crippen LogP contribution < -0.4 is 0 Å². The number of fused-ring (bicyclic) bond motifs is 2. The van der Waals surface area contributed by atoms with Crippen LogP contribution in [-0.4, -0.2) is 53.2 Å². The second-order valence-electron chi connectivity index (χ2n) is 7.61. The Morgan fingerprint density at radius 2 is 1.75 bits per heavy atom. The Morgan fingerprint density at radius 3 is 2.38 bits per heavy atom. The Morgan fingerprint density at radius 1 is 1.08 bits per heavy atom. The lowest BCUT2D eigenvalue weighted by molar-refractivity contribution is -0.147. The summed E-state index contributed by atoms with van der Waals surface area (Å²) in [5.74, 6) is 0.391. The van der Waals surface area contributed by atoms with E-state index in [9.17, 15) is 9.59 Å². The van der Waals surface area contributed by atoms with Gasteiger partial charge in [0.05, 0.1) is 6.04 Å². The third-order valence-corrected chi connectivity index (χ3v) is 6.32. The molecule has 4 aliphatic heterocycles. The summed E-state index contributed by atoms with van der Waals surface area (Å²) in [5.41, 5.74) is 2.57. The number of Topliss-reactive ketones (excluding diaryl/α,β-unsaturated/α-hetero) is 1. The molecule has 4 saturated heterocycles. The second-order valence-corrected chi connectivity index (χ2v) is 7.61. The van der Waals surface area contributed by atoms with Gasteiger partial charge in [0.25, 0.3) is 5.91 Å². The van der Waals surface area contributed by atoms with Gasteiger partial charge in [-0.1, -0.05) is 36.8 Å². The summed E-state index contributed by atoms with van der Waals surface area (Å²) in [6.45, 7) is 6.84. The number of hydrogen-bond acceptors (Lipinski definition) is 3. The lowest BCUT2D eigenvalue weighted by Crippen LogP contribution is -2.61. The zero-order valence-corrected chi connectivity index (χ0v) is 14.6. The number of nitrogens with zero attached hydrogens (tertiary/aromatic N) is 2. The number of ketones is 1. The molecule has 4 aliphatic rings. The van der Waals surface area contributed by atoms with Gasteiger partial charge in [-0.25, -0.2) is 0 Å². The van der Waals surface area contributed by atoms with E-state index < -0.39 is 0 Å². The molecule has 3 atom stereocenters. The van der Waals surface area contributed by atoms with Crippen LogP contribution >= 0.6 is 0 Å². The molecule has 4 heterocycles. The minimum atomic E-state index is -0.254. The van der Waals surface area contributed by atoms with E-state index in [1.165, 1.54) is 11.1 Å². The standard InChI is InChI=1S/C20H26N2O2/c1-3-17(23)20(24)22-12-16(14-6-4-13(2)5-7-14)19-18(22)15-8-10-21(19)11-9-15/h4-7,15-16,18-19H,3,8-12H2,1-2H3/t16-,18+,19+/m0/s1. The van der Waals surface area contributed by atoms with Gasteiger partial charge in [0.15, 0.2) is 0 Å². The Kier molecular flexibility index (Phi) is 3.95. The van der Waals surface area contributed by atoms with Crippen LogP contribution in [0.25, 0.3) is 0 Å². The summed E-state index contributed by atoms with van der Waals surface area (Å²) in [6, 6.07) is 9.33. The Labute approximate surface area is 143 Å². The first kappa shape index (κ1) is 15.8. The molecule has 1 aromatic rings. The Balaban J connectivity index is 1.69. The van der Waals surface area contributed by atoms with E-state index in [2.05, 4.69) is 36.1 Å². The number of benzene rings is 1. The molecule has 0 spiro atoms. The van der Waals surface area contributed by atoms with E-state index in [0.29, 0.717) is 30.8 Å². The normalized spacial score (nSPS) is 34.2. The quantitative estimate of drug-likeness (QED) is 0.801. The lowest BCUT2D eigenvalue weighted by Gasteiger charge is -2.51. The summed E-state index contributed by atoms with van der Waals surface area (Å²) in [7, 11) is 0. The first-order valence-electron chi connectivity index (χ1n) is 9.24. The van der Waals surface area contributed by atoms with Crippen molar-refractivity contribution in [3.63, 3.8) is 0 Å². The van der Waals surface area contributed by atoms with Crippen LogP contribution in [0.4, 0.5) is 0 Å². The fraction of sp³-hybridized carbons (Fsp3) is 0.600. The molecule has 4 nitrogen and oxygen atoms in total. The van der Waals surface area contributed by atoms with Gasteiger partial charge in [-0.05, 0) is 44.3 Å². The summed E-state index contributed by atoms with van der Waals surface area (Å²) < 4.78 is 0. The highest BCUT2D eigenvalue weighted by molar-refractivity contribution is 6.36. The zero-order valence-electron chi connectivity index (χ0n) is 14.6. The average Bonchev–Trinajstić information content (AvgIpc) is 3.05. The van der Waals surface area contributed by atoms with Gasteiger partial charge in [0.1, 0.15) is 0 Å². The van der Waals surface area contributed by atoms with Gasteiger partial charge >= 0.3 is 0 Å². The van der Waals surface area contributed by atoms with Crippen LogP contribution in [0.5, 0.6) is 0 Å². The van der Waals surface area contributed by atoms with Gasteiger partial charge in [-0.3, -0.25) is 14.5 Å². The van der Waals surface area contributed by atoms with E-state index in [1.807, 2.05) is 4.90 Å². The van der Waals surface area contributed by atoms with E-state index in [0.717, 1.165) is 25.9 Å². The number of aryl methyl sites for hydroxylation is 1. The van der Waals surface area contributed by atoms with Gasteiger partial charge in [0, 0.05) is 24.9 Å². The largest absolute Gasteiger partial charge is 0.331 e. The minimum Gasteiger partial charge on any atom is -0.331 e. The van der Waals surface area contributed by atoms with Gasteiger partial charge < -0.3 is 4.90 Å². The van der Waals surface area contributed by atoms with Crippen molar-refractivity contribution in [3.8, 4) is 0 Å². The maximum absolute atomic E-state index is 12.7. The highest BCUT2D eigenvalue weighted by atomic mass is 16.2. The number of carbonyl (C=O) groups is 2. The second kappa shape index (κ2) is 5.99. The molecule has 1 amide bonds. The lowest BCUT2D eigenvalue weighted by atomic mass is 9.75. The number of amides is 1. The molecule has 4 fully saturated rings. The summed E-state index contributed by atoms with van der Waals surface area (Å²) in [6.07, 6.45) is 2.62. The third kappa shape index (κ3) is 2.39.